The molecule has 0 atom stereocenters. The van der Waals surface area contributed by atoms with Crippen molar-refractivity contribution in [3.05, 3.63) is 38.3 Å². The predicted molar refractivity (Wildman–Crippen MR) is 59.5 cm³/mol. The van der Waals surface area contributed by atoms with Crippen LogP contribution in [0.1, 0.15) is 11.4 Å². The van der Waals surface area contributed by atoms with E-state index in [9.17, 15) is 4.79 Å². The second-order valence-corrected chi connectivity index (χ2v) is 4.19. The van der Waals surface area contributed by atoms with Gasteiger partial charge in [-0.15, -0.1) is 0 Å². The number of halogens is 1. The van der Waals surface area contributed by atoms with Crippen LogP contribution in [0.15, 0.2) is 21.4 Å². The molecule has 0 aliphatic rings. The van der Waals surface area contributed by atoms with Gasteiger partial charge >= 0.3 is 0 Å². The molecule has 0 spiro atoms. The number of H-pyrrole nitrogens is 1. The minimum Gasteiger partial charge on any atom is -0.310 e. The fourth-order valence-electron chi connectivity index (χ4n) is 1.48. The van der Waals surface area contributed by atoms with E-state index in [-0.39, 0.29) is 5.56 Å². The summed E-state index contributed by atoms with van der Waals surface area (Å²) in [6.45, 7) is 3.72. The lowest BCUT2D eigenvalue weighted by atomic mass is 10.1. The first kappa shape index (κ1) is 9.40. The van der Waals surface area contributed by atoms with E-state index < -0.39 is 0 Å². The molecule has 4 heteroatoms. The first-order valence-corrected chi connectivity index (χ1v) is 5.04. The van der Waals surface area contributed by atoms with Gasteiger partial charge in [0, 0.05) is 4.47 Å². The molecule has 0 radical (unpaired) electrons. The van der Waals surface area contributed by atoms with Crippen molar-refractivity contribution in [2.75, 3.05) is 0 Å². The highest BCUT2D eigenvalue weighted by atomic mass is 79.9. The van der Waals surface area contributed by atoms with Crippen LogP contribution in [-0.4, -0.2) is 9.97 Å². The zero-order valence-corrected chi connectivity index (χ0v) is 9.47. The molecule has 0 amide bonds. The number of hydrogen-bond donors (Lipinski definition) is 1. The quantitative estimate of drug-likeness (QED) is 0.782. The molecule has 1 heterocycles. The number of fused-ring (bicyclic) bond motifs is 1. The van der Waals surface area contributed by atoms with Gasteiger partial charge in [0.2, 0.25) is 0 Å². The maximum absolute atomic E-state index is 11.6. The predicted octanol–water partition coefficient (Wildman–Crippen LogP) is 2.30. The molecule has 2 rings (SSSR count). The highest BCUT2D eigenvalue weighted by Gasteiger charge is 2.05. The van der Waals surface area contributed by atoms with E-state index in [4.69, 9.17) is 0 Å². The Morgan fingerprint density at radius 1 is 1.36 bits per heavy atom. The molecule has 3 nitrogen and oxygen atoms in total. The second kappa shape index (κ2) is 3.20. The summed E-state index contributed by atoms with van der Waals surface area (Å²) in [6, 6.07) is 3.74. The Labute approximate surface area is 89.3 Å². The van der Waals surface area contributed by atoms with Gasteiger partial charge in [0.05, 0.1) is 10.9 Å². The fraction of sp³-hybridized carbons (Fsp3) is 0.200. The molecule has 1 aromatic heterocycles. The number of nitrogens with zero attached hydrogens (tertiary/aromatic N) is 1. The summed E-state index contributed by atoms with van der Waals surface area (Å²) in [5.74, 6) is 0.646. The largest absolute Gasteiger partial charge is 0.310 e. The third-order valence-corrected chi connectivity index (χ3v) is 2.54. The Hall–Kier alpha value is -1.16. The summed E-state index contributed by atoms with van der Waals surface area (Å²) >= 11 is 3.36. The molecule has 0 unspecified atom stereocenters. The van der Waals surface area contributed by atoms with Crippen LogP contribution in [0.3, 0.4) is 0 Å². The number of aromatic amines is 1. The van der Waals surface area contributed by atoms with Crippen molar-refractivity contribution in [3.63, 3.8) is 0 Å². The second-order valence-electron chi connectivity index (χ2n) is 3.27. The topological polar surface area (TPSA) is 45.8 Å². The lowest BCUT2D eigenvalue weighted by Crippen LogP contribution is -2.10. The van der Waals surface area contributed by atoms with Crippen LogP contribution in [0.2, 0.25) is 0 Å². The number of hydrogen-bond acceptors (Lipinski definition) is 2. The van der Waals surface area contributed by atoms with E-state index in [1.54, 1.807) is 13.0 Å². The minimum atomic E-state index is -0.0862. The summed E-state index contributed by atoms with van der Waals surface area (Å²) < 4.78 is 0.902. The molecule has 0 aliphatic heterocycles. The average molecular weight is 253 g/mol. The highest BCUT2D eigenvalue weighted by molar-refractivity contribution is 9.10. The Morgan fingerprint density at radius 2 is 2.07 bits per heavy atom. The molecule has 0 fully saturated rings. The zero-order chi connectivity index (χ0) is 10.3. The van der Waals surface area contributed by atoms with Crippen LogP contribution in [0.5, 0.6) is 0 Å². The summed E-state index contributed by atoms with van der Waals surface area (Å²) in [5.41, 5.74) is 1.69. The van der Waals surface area contributed by atoms with Crippen molar-refractivity contribution >= 4 is 26.8 Å². The van der Waals surface area contributed by atoms with Gasteiger partial charge in [0.15, 0.2) is 0 Å². The van der Waals surface area contributed by atoms with Crippen molar-refractivity contribution < 1.29 is 0 Å². The molecular weight excluding hydrogens is 244 g/mol. The van der Waals surface area contributed by atoms with E-state index in [1.165, 1.54) is 0 Å². The maximum atomic E-state index is 11.6. The Morgan fingerprint density at radius 3 is 2.79 bits per heavy atom. The lowest BCUT2D eigenvalue weighted by molar-refractivity contribution is 1.05. The molecule has 1 N–H and O–H groups in total. The summed E-state index contributed by atoms with van der Waals surface area (Å²) in [4.78, 5) is 18.6. The van der Waals surface area contributed by atoms with Gasteiger partial charge in [-0.1, -0.05) is 15.9 Å². The van der Waals surface area contributed by atoms with Gasteiger partial charge in [-0.05, 0) is 31.5 Å². The first-order valence-electron chi connectivity index (χ1n) is 4.25. The van der Waals surface area contributed by atoms with Gasteiger partial charge in [-0.3, -0.25) is 4.79 Å². The maximum Gasteiger partial charge on any atom is 0.258 e. The molecule has 2 aromatic rings. The van der Waals surface area contributed by atoms with Gasteiger partial charge in [0.25, 0.3) is 5.56 Å². The number of nitrogens with one attached hydrogen (secondary N) is 1. The van der Waals surface area contributed by atoms with Crippen LogP contribution in [0.25, 0.3) is 10.9 Å². The van der Waals surface area contributed by atoms with E-state index >= 15 is 0 Å². The lowest BCUT2D eigenvalue weighted by Gasteiger charge is -2.02. The van der Waals surface area contributed by atoms with Crippen molar-refractivity contribution in [1.82, 2.24) is 9.97 Å². The molecular formula is C10H9BrN2O. The number of aryl methyl sites for hydroxylation is 2. The number of rotatable bonds is 0. The molecule has 1 aromatic carbocycles. The van der Waals surface area contributed by atoms with Crippen LogP contribution < -0.4 is 5.56 Å². The molecule has 14 heavy (non-hydrogen) atoms. The smallest absolute Gasteiger partial charge is 0.258 e. The average Bonchev–Trinajstić information content (AvgIpc) is 2.07. The normalized spacial score (nSPS) is 10.8. The molecule has 72 valence electrons. The number of benzene rings is 1. The summed E-state index contributed by atoms with van der Waals surface area (Å²) in [6.07, 6.45) is 0. The monoisotopic (exact) mass is 252 g/mol. The van der Waals surface area contributed by atoms with Gasteiger partial charge < -0.3 is 4.98 Å². The summed E-state index contributed by atoms with van der Waals surface area (Å²) in [7, 11) is 0. The minimum absolute atomic E-state index is 0.0862. The van der Waals surface area contributed by atoms with Crippen LogP contribution in [0.4, 0.5) is 0 Å². The number of aromatic nitrogens is 2. The Kier molecular flexibility index (Phi) is 2.15. The molecule has 0 saturated heterocycles. The standard InChI is InChI=1S/C10H9BrN2O/c1-5-3-7(11)4-8-9(5)12-6(2)13-10(8)14/h3-4H,1-2H3,(H,12,13,14). The summed E-state index contributed by atoms with van der Waals surface area (Å²) in [5, 5.41) is 0.627. The Bertz CT molecular complexity index is 560. The zero-order valence-electron chi connectivity index (χ0n) is 7.89. The van der Waals surface area contributed by atoms with Crippen molar-refractivity contribution in [1.29, 1.82) is 0 Å². The third-order valence-electron chi connectivity index (χ3n) is 2.08. The van der Waals surface area contributed by atoms with Gasteiger partial charge in [-0.2, -0.15) is 0 Å². The van der Waals surface area contributed by atoms with Crippen LogP contribution >= 0.6 is 15.9 Å². The molecule has 0 bridgehead atoms. The van der Waals surface area contributed by atoms with Crippen molar-refractivity contribution in [3.8, 4) is 0 Å². The SMILES string of the molecule is Cc1nc2c(C)cc(Br)cc2c(=O)[nH]1. The van der Waals surface area contributed by atoms with Crippen LogP contribution in [-0.2, 0) is 0 Å². The van der Waals surface area contributed by atoms with E-state index in [0.29, 0.717) is 11.2 Å². The van der Waals surface area contributed by atoms with E-state index in [2.05, 4.69) is 25.9 Å². The van der Waals surface area contributed by atoms with Crippen LogP contribution in [0, 0.1) is 13.8 Å². The Balaban J connectivity index is 3.02. The van der Waals surface area contributed by atoms with Gasteiger partial charge in [0.1, 0.15) is 5.82 Å². The highest BCUT2D eigenvalue weighted by Crippen LogP contribution is 2.19. The molecule has 0 aliphatic carbocycles. The fourth-order valence-corrected chi connectivity index (χ4v) is 2.06. The van der Waals surface area contributed by atoms with Gasteiger partial charge in [-0.25, -0.2) is 4.98 Å². The van der Waals surface area contributed by atoms with E-state index in [0.717, 1.165) is 15.6 Å². The first-order chi connectivity index (χ1) is 6.58. The third kappa shape index (κ3) is 1.46. The van der Waals surface area contributed by atoms with Crippen molar-refractivity contribution in [2.45, 2.75) is 13.8 Å². The molecule has 0 saturated carbocycles. The van der Waals surface area contributed by atoms with Crippen molar-refractivity contribution in [2.24, 2.45) is 0 Å². The van der Waals surface area contributed by atoms with E-state index in [1.807, 2.05) is 13.0 Å².